The number of carbonyl (C=O) groups excluding carboxylic acids is 1. The third-order valence-electron chi connectivity index (χ3n) is 2.15. The van der Waals surface area contributed by atoms with E-state index in [1.807, 2.05) is 0 Å². The van der Waals surface area contributed by atoms with Crippen LogP contribution in [-0.4, -0.2) is 22.1 Å². The molecule has 7 heteroatoms. The molecule has 1 aromatic carbocycles. The molecule has 0 aliphatic rings. The monoisotopic (exact) mass is 310 g/mol. The van der Waals surface area contributed by atoms with Gasteiger partial charge in [-0.1, -0.05) is 11.2 Å². The van der Waals surface area contributed by atoms with Crippen molar-refractivity contribution in [3.8, 4) is 0 Å². The molecule has 2 aromatic rings. The number of nitrogens with one attached hydrogen (secondary N) is 1. The summed E-state index contributed by atoms with van der Waals surface area (Å²) >= 11 is 3.19. The zero-order valence-corrected chi connectivity index (χ0v) is 10.5. The third kappa shape index (κ3) is 2.40. The lowest BCUT2D eigenvalue weighted by atomic mass is 10.2. The van der Waals surface area contributed by atoms with Crippen molar-refractivity contribution >= 4 is 33.5 Å². The number of rotatable bonds is 3. The van der Waals surface area contributed by atoms with Gasteiger partial charge in [0.05, 0.1) is 11.3 Å². The molecule has 18 heavy (non-hydrogen) atoms. The van der Waals surface area contributed by atoms with Gasteiger partial charge in [0.25, 0.3) is 5.91 Å². The number of nitrogens with zero attached hydrogens (tertiary/aromatic N) is 1. The second-order valence-electron chi connectivity index (χ2n) is 3.31. The van der Waals surface area contributed by atoms with E-state index in [2.05, 4.69) is 30.9 Å². The van der Waals surface area contributed by atoms with E-state index in [1.165, 1.54) is 18.4 Å². The summed E-state index contributed by atoms with van der Waals surface area (Å²) in [5, 5.41) is 15.0. The number of carbonyl (C=O) groups is 2. The standard InChI is InChI=1S/C11H7BrN2O4/c12-7-3-1-2-6(11(16)17)9(7)13-10(15)8-4-5-18-14-8/h1-5H,(H,13,15)(H,16,17). The van der Waals surface area contributed by atoms with Crippen molar-refractivity contribution < 1.29 is 19.2 Å². The van der Waals surface area contributed by atoms with Crippen LogP contribution in [0.15, 0.2) is 39.5 Å². The molecule has 0 radical (unpaired) electrons. The number of halogens is 1. The number of carboxylic acid groups (broad SMARTS) is 1. The highest BCUT2D eigenvalue weighted by Crippen LogP contribution is 2.26. The fourth-order valence-corrected chi connectivity index (χ4v) is 1.80. The van der Waals surface area contributed by atoms with Gasteiger partial charge in [-0.05, 0) is 28.1 Å². The average Bonchev–Trinajstić information content (AvgIpc) is 2.85. The Morgan fingerprint density at radius 3 is 2.72 bits per heavy atom. The lowest BCUT2D eigenvalue weighted by Gasteiger charge is -2.09. The Bertz CT molecular complexity index is 595. The first-order valence-electron chi connectivity index (χ1n) is 4.83. The predicted molar refractivity (Wildman–Crippen MR) is 65.6 cm³/mol. The molecule has 0 aliphatic heterocycles. The summed E-state index contributed by atoms with van der Waals surface area (Å²) in [7, 11) is 0. The summed E-state index contributed by atoms with van der Waals surface area (Å²) in [5.41, 5.74) is 0.237. The lowest BCUT2D eigenvalue weighted by Crippen LogP contribution is -2.15. The fourth-order valence-electron chi connectivity index (χ4n) is 1.34. The molecule has 0 fully saturated rings. The molecule has 0 unspecified atom stereocenters. The molecule has 0 spiro atoms. The molecule has 1 amide bonds. The minimum absolute atomic E-state index is 0.0128. The number of anilines is 1. The molecule has 0 saturated carbocycles. The molecular formula is C11H7BrN2O4. The van der Waals surface area contributed by atoms with Gasteiger partial charge in [0.1, 0.15) is 6.26 Å². The van der Waals surface area contributed by atoms with Crippen molar-refractivity contribution in [2.45, 2.75) is 0 Å². The van der Waals surface area contributed by atoms with Crippen LogP contribution in [0, 0.1) is 0 Å². The normalized spacial score (nSPS) is 10.1. The highest BCUT2D eigenvalue weighted by Gasteiger charge is 2.17. The number of hydrogen-bond acceptors (Lipinski definition) is 4. The first-order chi connectivity index (χ1) is 8.59. The van der Waals surface area contributed by atoms with Crippen molar-refractivity contribution in [3.05, 3.63) is 46.3 Å². The van der Waals surface area contributed by atoms with Crippen LogP contribution < -0.4 is 5.32 Å². The molecule has 6 nitrogen and oxygen atoms in total. The van der Waals surface area contributed by atoms with Gasteiger partial charge in [0.15, 0.2) is 5.69 Å². The SMILES string of the molecule is O=C(Nc1c(Br)cccc1C(=O)O)c1ccon1. The van der Waals surface area contributed by atoms with Crippen molar-refractivity contribution in [1.82, 2.24) is 5.16 Å². The first kappa shape index (κ1) is 12.3. The maximum Gasteiger partial charge on any atom is 0.337 e. The van der Waals surface area contributed by atoms with Gasteiger partial charge in [-0.15, -0.1) is 0 Å². The number of para-hydroxylation sites is 1. The lowest BCUT2D eigenvalue weighted by molar-refractivity contribution is 0.0698. The molecule has 1 heterocycles. The molecule has 0 bridgehead atoms. The predicted octanol–water partition coefficient (Wildman–Crippen LogP) is 2.39. The average molecular weight is 311 g/mol. The van der Waals surface area contributed by atoms with E-state index >= 15 is 0 Å². The van der Waals surface area contributed by atoms with E-state index in [-0.39, 0.29) is 16.9 Å². The van der Waals surface area contributed by atoms with E-state index in [9.17, 15) is 9.59 Å². The number of aromatic carboxylic acids is 1. The van der Waals surface area contributed by atoms with E-state index in [0.717, 1.165) is 0 Å². The Hall–Kier alpha value is -2.15. The highest BCUT2D eigenvalue weighted by atomic mass is 79.9. The van der Waals surface area contributed by atoms with Crippen LogP contribution >= 0.6 is 15.9 Å². The van der Waals surface area contributed by atoms with Gasteiger partial charge < -0.3 is 14.9 Å². The molecule has 1 aromatic heterocycles. The summed E-state index contributed by atoms with van der Waals surface area (Å²) in [6, 6.07) is 5.97. The van der Waals surface area contributed by atoms with Crippen LogP contribution in [0.1, 0.15) is 20.8 Å². The molecule has 2 N–H and O–H groups in total. The van der Waals surface area contributed by atoms with Gasteiger partial charge in [-0.25, -0.2) is 4.79 Å². The largest absolute Gasteiger partial charge is 0.478 e. The minimum Gasteiger partial charge on any atom is -0.478 e. The van der Waals surface area contributed by atoms with E-state index < -0.39 is 11.9 Å². The van der Waals surface area contributed by atoms with E-state index in [4.69, 9.17) is 5.11 Å². The van der Waals surface area contributed by atoms with Crippen LogP contribution in [0.3, 0.4) is 0 Å². The smallest absolute Gasteiger partial charge is 0.337 e. The quantitative estimate of drug-likeness (QED) is 0.908. The highest BCUT2D eigenvalue weighted by molar-refractivity contribution is 9.10. The summed E-state index contributed by atoms with van der Waals surface area (Å²) in [4.78, 5) is 22.8. The second kappa shape index (κ2) is 5.01. The number of hydrogen-bond donors (Lipinski definition) is 2. The van der Waals surface area contributed by atoms with Gasteiger partial charge in [0, 0.05) is 10.5 Å². The number of benzene rings is 1. The fraction of sp³-hybridized carbons (Fsp3) is 0. The second-order valence-corrected chi connectivity index (χ2v) is 4.16. The van der Waals surface area contributed by atoms with Crippen molar-refractivity contribution in [2.24, 2.45) is 0 Å². The van der Waals surface area contributed by atoms with E-state index in [0.29, 0.717) is 4.47 Å². The zero-order valence-electron chi connectivity index (χ0n) is 8.88. The summed E-state index contributed by atoms with van der Waals surface area (Å²) in [6.07, 6.45) is 1.26. The Morgan fingerprint density at radius 2 is 2.11 bits per heavy atom. The Kier molecular flexibility index (Phi) is 3.42. The van der Waals surface area contributed by atoms with Gasteiger partial charge >= 0.3 is 5.97 Å². The van der Waals surface area contributed by atoms with Crippen LogP contribution in [0.5, 0.6) is 0 Å². The maximum atomic E-state index is 11.8. The van der Waals surface area contributed by atoms with Crippen LogP contribution in [-0.2, 0) is 0 Å². The molecule has 0 saturated heterocycles. The van der Waals surface area contributed by atoms with Crippen LogP contribution in [0.2, 0.25) is 0 Å². The third-order valence-corrected chi connectivity index (χ3v) is 2.81. The molecule has 2 rings (SSSR count). The van der Waals surface area contributed by atoms with Crippen LogP contribution in [0.25, 0.3) is 0 Å². The maximum absolute atomic E-state index is 11.8. The molecule has 0 aliphatic carbocycles. The van der Waals surface area contributed by atoms with Crippen molar-refractivity contribution in [3.63, 3.8) is 0 Å². The molecule has 0 atom stereocenters. The van der Waals surface area contributed by atoms with Gasteiger partial charge in [-0.3, -0.25) is 4.79 Å². The van der Waals surface area contributed by atoms with Gasteiger partial charge in [-0.2, -0.15) is 0 Å². The summed E-state index contributed by atoms with van der Waals surface area (Å²) < 4.78 is 5.01. The minimum atomic E-state index is -1.13. The van der Waals surface area contributed by atoms with Crippen LogP contribution in [0.4, 0.5) is 5.69 Å². The number of aromatic nitrogens is 1. The number of amides is 1. The first-order valence-corrected chi connectivity index (χ1v) is 5.62. The summed E-state index contributed by atoms with van der Waals surface area (Å²) in [6.45, 7) is 0. The van der Waals surface area contributed by atoms with Crippen molar-refractivity contribution in [1.29, 1.82) is 0 Å². The van der Waals surface area contributed by atoms with Gasteiger partial charge in [0.2, 0.25) is 0 Å². The molecular weight excluding hydrogens is 304 g/mol. The van der Waals surface area contributed by atoms with Crippen molar-refractivity contribution in [2.75, 3.05) is 5.32 Å². The Morgan fingerprint density at radius 1 is 1.33 bits per heavy atom. The molecule has 92 valence electrons. The number of carboxylic acids is 1. The van der Waals surface area contributed by atoms with E-state index in [1.54, 1.807) is 12.1 Å². The Labute approximate surface area is 110 Å². The zero-order chi connectivity index (χ0) is 13.1. The Balaban J connectivity index is 2.34. The topological polar surface area (TPSA) is 92.4 Å². The summed E-state index contributed by atoms with van der Waals surface area (Å²) in [5.74, 6) is -1.68.